The predicted molar refractivity (Wildman–Crippen MR) is 79.0 cm³/mol. The van der Waals surface area contributed by atoms with E-state index in [0.29, 0.717) is 0 Å². The molecule has 0 saturated heterocycles. The third-order valence-corrected chi connectivity index (χ3v) is 5.42. The number of aryl methyl sites for hydroxylation is 2. The first kappa shape index (κ1) is 14.5. The first-order valence-electron chi connectivity index (χ1n) is 5.44. The predicted octanol–water partition coefficient (Wildman–Crippen LogP) is 3.70. The number of carbonyl (C=O) groups is 1. The van der Waals surface area contributed by atoms with E-state index >= 15 is 0 Å². The van der Waals surface area contributed by atoms with Crippen molar-refractivity contribution in [2.24, 2.45) is 0 Å². The van der Waals surface area contributed by atoms with Crippen LogP contribution in [-0.4, -0.2) is 21.0 Å². The van der Waals surface area contributed by atoms with E-state index in [-0.39, 0.29) is 6.42 Å². The normalized spacial score (nSPS) is 10.7. The lowest BCUT2D eigenvalue weighted by Gasteiger charge is -2.01. The molecule has 100 valence electrons. The fourth-order valence-electron chi connectivity index (χ4n) is 1.43. The molecule has 4 nitrogen and oxygen atoms in total. The first-order chi connectivity index (χ1) is 8.95. The summed E-state index contributed by atoms with van der Waals surface area (Å²) in [5.41, 5.74) is 1.86. The van der Waals surface area contributed by atoms with Crippen LogP contribution < -0.4 is 0 Å². The van der Waals surface area contributed by atoms with Crippen LogP contribution in [0.4, 0.5) is 0 Å². The Balaban J connectivity index is 2.21. The third-order valence-electron chi connectivity index (χ3n) is 2.31. The van der Waals surface area contributed by atoms with Crippen LogP contribution in [0.15, 0.2) is 26.1 Å². The molecule has 1 N–H and O–H groups in total. The molecule has 0 radical (unpaired) electrons. The Bertz CT molecular complexity index is 628. The standard InChI is InChI=1S/C12H11BrN2O2S2/c1-6-3-8(13)11(14-5-6)19-12-15-7(2)9(18-12)4-10(16)17/h3,5H,4H2,1-2H3,(H,16,17). The van der Waals surface area contributed by atoms with Crippen molar-refractivity contribution >= 4 is 45.0 Å². The van der Waals surface area contributed by atoms with Crippen molar-refractivity contribution in [3.63, 3.8) is 0 Å². The fourth-order valence-corrected chi connectivity index (χ4v) is 4.23. The second-order valence-corrected chi connectivity index (χ2v) is 7.13. The largest absolute Gasteiger partial charge is 0.481 e. The summed E-state index contributed by atoms with van der Waals surface area (Å²) in [6.07, 6.45) is 1.82. The van der Waals surface area contributed by atoms with Gasteiger partial charge >= 0.3 is 5.97 Å². The Hall–Kier alpha value is -0.920. The monoisotopic (exact) mass is 358 g/mol. The van der Waals surface area contributed by atoms with Gasteiger partial charge in [0.15, 0.2) is 4.34 Å². The molecule has 2 aromatic heterocycles. The second-order valence-electron chi connectivity index (χ2n) is 3.96. The second kappa shape index (κ2) is 6.02. The Morgan fingerprint density at radius 1 is 1.53 bits per heavy atom. The lowest BCUT2D eigenvalue weighted by molar-refractivity contribution is -0.136. The molecule has 0 aliphatic heterocycles. The van der Waals surface area contributed by atoms with Crippen molar-refractivity contribution in [2.75, 3.05) is 0 Å². The maximum absolute atomic E-state index is 10.7. The molecule has 0 unspecified atom stereocenters. The van der Waals surface area contributed by atoms with E-state index in [0.717, 1.165) is 30.0 Å². The van der Waals surface area contributed by atoms with Crippen LogP contribution in [0, 0.1) is 13.8 Å². The molecule has 0 spiro atoms. The molecule has 2 aromatic rings. The summed E-state index contributed by atoms with van der Waals surface area (Å²) in [4.78, 5) is 20.2. The zero-order valence-corrected chi connectivity index (χ0v) is 13.5. The van der Waals surface area contributed by atoms with E-state index in [1.807, 2.05) is 19.9 Å². The molecule has 0 amide bonds. The lowest BCUT2D eigenvalue weighted by atomic mass is 10.3. The molecule has 0 bridgehead atoms. The number of pyridine rings is 1. The molecule has 19 heavy (non-hydrogen) atoms. The van der Waals surface area contributed by atoms with Crippen molar-refractivity contribution in [1.82, 2.24) is 9.97 Å². The highest BCUT2D eigenvalue weighted by molar-refractivity contribution is 9.10. The molecule has 0 fully saturated rings. The van der Waals surface area contributed by atoms with Gasteiger partial charge in [-0.3, -0.25) is 4.79 Å². The van der Waals surface area contributed by atoms with Crippen LogP contribution in [0.1, 0.15) is 16.1 Å². The zero-order valence-electron chi connectivity index (χ0n) is 10.3. The summed E-state index contributed by atoms with van der Waals surface area (Å²) in [7, 11) is 0. The Morgan fingerprint density at radius 3 is 2.89 bits per heavy atom. The number of aromatic nitrogens is 2. The lowest BCUT2D eigenvalue weighted by Crippen LogP contribution is -1.99. The van der Waals surface area contributed by atoms with E-state index in [9.17, 15) is 4.79 Å². The number of halogens is 1. The van der Waals surface area contributed by atoms with Gasteiger partial charge in [-0.2, -0.15) is 0 Å². The summed E-state index contributed by atoms with van der Waals surface area (Å²) in [6.45, 7) is 3.81. The van der Waals surface area contributed by atoms with Gasteiger partial charge in [-0.15, -0.1) is 11.3 Å². The number of carboxylic acids is 1. The van der Waals surface area contributed by atoms with Gasteiger partial charge in [0.1, 0.15) is 5.03 Å². The third kappa shape index (κ3) is 3.77. The van der Waals surface area contributed by atoms with Crippen molar-refractivity contribution < 1.29 is 9.90 Å². The number of carboxylic acid groups (broad SMARTS) is 1. The highest BCUT2D eigenvalue weighted by Gasteiger charge is 2.13. The molecular formula is C12H11BrN2O2S2. The van der Waals surface area contributed by atoms with Crippen LogP contribution in [0.5, 0.6) is 0 Å². The van der Waals surface area contributed by atoms with Gasteiger partial charge < -0.3 is 5.11 Å². The molecule has 2 heterocycles. The Morgan fingerprint density at radius 2 is 2.26 bits per heavy atom. The quantitative estimate of drug-likeness (QED) is 0.902. The van der Waals surface area contributed by atoms with Gasteiger partial charge in [0, 0.05) is 11.1 Å². The average molecular weight is 359 g/mol. The van der Waals surface area contributed by atoms with Crippen LogP contribution in [0.2, 0.25) is 0 Å². The number of nitrogens with zero attached hydrogens (tertiary/aromatic N) is 2. The zero-order chi connectivity index (χ0) is 14.0. The topological polar surface area (TPSA) is 63.1 Å². The van der Waals surface area contributed by atoms with Crippen LogP contribution >= 0.6 is 39.0 Å². The van der Waals surface area contributed by atoms with Crippen molar-refractivity contribution in [2.45, 2.75) is 29.6 Å². The van der Waals surface area contributed by atoms with Crippen LogP contribution in [0.25, 0.3) is 0 Å². The van der Waals surface area contributed by atoms with Crippen molar-refractivity contribution in [3.05, 3.63) is 32.9 Å². The molecule has 0 saturated carbocycles. The van der Waals surface area contributed by atoms with Crippen LogP contribution in [-0.2, 0) is 11.2 Å². The summed E-state index contributed by atoms with van der Waals surface area (Å²) in [6, 6.07) is 1.99. The maximum Gasteiger partial charge on any atom is 0.308 e. The van der Waals surface area contributed by atoms with Gasteiger partial charge in [0.25, 0.3) is 0 Å². The van der Waals surface area contributed by atoms with Gasteiger partial charge in [-0.05, 0) is 53.2 Å². The van der Waals surface area contributed by atoms with Gasteiger partial charge in [0.2, 0.25) is 0 Å². The minimum Gasteiger partial charge on any atom is -0.481 e. The molecule has 0 aliphatic rings. The smallest absolute Gasteiger partial charge is 0.308 e. The van der Waals surface area contributed by atoms with E-state index in [1.54, 1.807) is 6.20 Å². The molecule has 2 rings (SSSR count). The molecule has 0 aromatic carbocycles. The minimum absolute atomic E-state index is 0.0204. The number of rotatable bonds is 4. The summed E-state index contributed by atoms with van der Waals surface area (Å²) in [5, 5.41) is 9.65. The Kier molecular flexibility index (Phi) is 4.59. The van der Waals surface area contributed by atoms with E-state index in [2.05, 4.69) is 25.9 Å². The number of hydrogen-bond acceptors (Lipinski definition) is 5. The summed E-state index contributed by atoms with van der Waals surface area (Å²) < 4.78 is 1.73. The number of hydrogen-bond donors (Lipinski definition) is 1. The summed E-state index contributed by atoms with van der Waals surface area (Å²) in [5.74, 6) is -0.835. The SMILES string of the molecule is Cc1cnc(Sc2nc(C)c(CC(=O)O)s2)c(Br)c1. The highest BCUT2D eigenvalue weighted by Crippen LogP contribution is 2.35. The highest BCUT2D eigenvalue weighted by atomic mass is 79.9. The first-order valence-corrected chi connectivity index (χ1v) is 7.86. The molecule has 0 atom stereocenters. The maximum atomic E-state index is 10.7. The molecular weight excluding hydrogens is 348 g/mol. The van der Waals surface area contributed by atoms with Gasteiger partial charge in [-0.1, -0.05) is 0 Å². The minimum atomic E-state index is -0.835. The molecule has 7 heteroatoms. The van der Waals surface area contributed by atoms with E-state index in [4.69, 9.17) is 5.11 Å². The van der Waals surface area contributed by atoms with Gasteiger partial charge in [0.05, 0.1) is 16.6 Å². The number of aliphatic carboxylic acids is 1. The number of thiazole rings is 1. The van der Waals surface area contributed by atoms with E-state index < -0.39 is 5.97 Å². The van der Waals surface area contributed by atoms with Gasteiger partial charge in [-0.25, -0.2) is 9.97 Å². The molecule has 0 aliphatic carbocycles. The fraction of sp³-hybridized carbons (Fsp3) is 0.250. The summed E-state index contributed by atoms with van der Waals surface area (Å²) >= 11 is 6.32. The van der Waals surface area contributed by atoms with Crippen LogP contribution in [0.3, 0.4) is 0 Å². The average Bonchev–Trinajstić information content (AvgIpc) is 2.62. The van der Waals surface area contributed by atoms with Crippen molar-refractivity contribution in [3.8, 4) is 0 Å². The Labute approximate surface area is 127 Å². The van der Waals surface area contributed by atoms with E-state index in [1.165, 1.54) is 23.1 Å². The van der Waals surface area contributed by atoms with Crippen molar-refractivity contribution in [1.29, 1.82) is 0 Å².